The number of hydrogen-bond donors (Lipinski definition) is 3. The SMILES string of the molecule is COc1cc(/C=C(/NC(=O)c2ccccc2)C(=O)Nc2cccc(SCC(=O)Nc3cc(Cl)ccc3Cl)c2)cc(OC)c1OC. The molecule has 0 unspecified atom stereocenters. The molecule has 3 N–H and O–H groups in total. The smallest absolute Gasteiger partial charge is 0.272 e. The lowest BCUT2D eigenvalue weighted by Gasteiger charge is -2.15. The molecule has 0 aromatic heterocycles. The summed E-state index contributed by atoms with van der Waals surface area (Å²) in [4.78, 5) is 39.9. The van der Waals surface area contributed by atoms with Crippen molar-refractivity contribution in [2.24, 2.45) is 0 Å². The molecule has 0 aliphatic rings. The maximum Gasteiger partial charge on any atom is 0.272 e. The lowest BCUT2D eigenvalue weighted by Crippen LogP contribution is -2.30. The second kappa shape index (κ2) is 15.9. The summed E-state index contributed by atoms with van der Waals surface area (Å²) < 4.78 is 16.3. The lowest BCUT2D eigenvalue weighted by atomic mass is 10.1. The van der Waals surface area contributed by atoms with E-state index in [1.54, 1.807) is 78.9 Å². The zero-order chi connectivity index (χ0) is 32.3. The third-order valence-corrected chi connectivity index (χ3v) is 7.75. The molecular formula is C33H29Cl2N3O6S. The first-order valence-corrected chi connectivity index (χ1v) is 15.1. The molecule has 0 saturated carbocycles. The van der Waals surface area contributed by atoms with Gasteiger partial charge < -0.3 is 30.2 Å². The van der Waals surface area contributed by atoms with Gasteiger partial charge in [0.1, 0.15) is 5.70 Å². The van der Waals surface area contributed by atoms with Crippen molar-refractivity contribution in [2.45, 2.75) is 4.90 Å². The number of ether oxygens (including phenoxy) is 3. The molecule has 0 aliphatic heterocycles. The Bertz CT molecular complexity index is 1710. The van der Waals surface area contributed by atoms with Crippen LogP contribution < -0.4 is 30.2 Å². The van der Waals surface area contributed by atoms with Crippen LogP contribution >= 0.6 is 35.0 Å². The van der Waals surface area contributed by atoms with Gasteiger partial charge in [-0.3, -0.25) is 14.4 Å². The molecule has 4 rings (SSSR count). The molecule has 0 radical (unpaired) electrons. The normalized spacial score (nSPS) is 10.9. The number of anilines is 2. The molecular weight excluding hydrogens is 637 g/mol. The summed E-state index contributed by atoms with van der Waals surface area (Å²) in [7, 11) is 4.45. The van der Waals surface area contributed by atoms with Crippen molar-refractivity contribution >= 4 is 70.1 Å². The van der Waals surface area contributed by atoms with Gasteiger partial charge in [-0.25, -0.2) is 0 Å². The maximum atomic E-state index is 13.6. The molecule has 45 heavy (non-hydrogen) atoms. The fourth-order valence-electron chi connectivity index (χ4n) is 4.08. The average Bonchev–Trinajstić information content (AvgIpc) is 3.05. The van der Waals surface area contributed by atoms with Crippen LogP contribution in [0.4, 0.5) is 11.4 Å². The molecule has 0 fully saturated rings. The van der Waals surface area contributed by atoms with Gasteiger partial charge in [-0.1, -0.05) is 47.5 Å². The highest BCUT2D eigenvalue weighted by Crippen LogP contribution is 2.38. The third kappa shape index (κ3) is 9.18. The first kappa shape index (κ1) is 33.3. The van der Waals surface area contributed by atoms with Gasteiger partial charge >= 0.3 is 0 Å². The summed E-state index contributed by atoms with van der Waals surface area (Å²) in [5.74, 6) is -0.108. The van der Waals surface area contributed by atoms with E-state index in [1.165, 1.54) is 39.2 Å². The van der Waals surface area contributed by atoms with Gasteiger partial charge in [-0.2, -0.15) is 0 Å². The van der Waals surface area contributed by atoms with Gasteiger partial charge in [0.25, 0.3) is 11.8 Å². The second-order valence-electron chi connectivity index (χ2n) is 9.28. The van der Waals surface area contributed by atoms with Gasteiger partial charge in [-0.05, 0) is 72.3 Å². The highest BCUT2D eigenvalue weighted by Gasteiger charge is 2.18. The van der Waals surface area contributed by atoms with E-state index in [4.69, 9.17) is 37.4 Å². The molecule has 9 nitrogen and oxygen atoms in total. The quantitative estimate of drug-likeness (QED) is 0.109. The van der Waals surface area contributed by atoms with Crippen molar-refractivity contribution in [3.05, 3.63) is 112 Å². The Morgan fingerprint density at radius 2 is 1.51 bits per heavy atom. The van der Waals surface area contributed by atoms with E-state index in [-0.39, 0.29) is 17.4 Å². The first-order valence-electron chi connectivity index (χ1n) is 13.4. The summed E-state index contributed by atoms with van der Waals surface area (Å²) in [5, 5.41) is 9.10. The molecule has 0 heterocycles. The van der Waals surface area contributed by atoms with E-state index in [9.17, 15) is 14.4 Å². The topological polar surface area (TPSA) is 115 Å². The van der Waals surface area contributed by atoms with Gasteiger partial charge in [-0.15, -0.1) is 11.8 Å². The van der Waals surface area contributed by atoms with E-state index in [0.717, 1.165) is 4.90 Å². The zero-order valence-electron chi connectivity index (χ0n) is 24.5. The van der Waals surface area contributed by atoms with Crippen LogP contribution in [0.5, 0.6) is 17.2 Å². The Balaban J connectivity index is 1.54. The van der Waals surface area contributed by atoms with Crippen molar-refractivity contribution in [1.82, 2.24) is 5.32 Å². The number of carbonyl (C=O) groups excluding carboxylic acids is 3. The predicted octanol–water partition coefficient (Wildman–Crippen LogP) is 7.16. The highest BCUT2D eigenvalue weighted by molar-refractivity contribution is 8.00. The second-order valence-corrected chi connectivity index (χ2v) is 11.2. The predicted molar refractivity (Wildman–Crippen MR) is 179 cm³/mol. The fourth-order valence-corrected chi connectivity index (χ4v) is 5.18. The van der Waals surface area contributed by atoms with E-state index in [1.807, 2.05) is 6.07 Å². The summed E-state index contributed by atoms with van der Waals surface area (Å²) >= 11 is 13.4. The van der Waals surface area contributed by atoms with E-state index in [0.29, 0.717) is 49.8 Å². The number of nitrogens with one attached hydrogen (secondary N) is 3. The molecule has 4 aromatic rings. The Morgan fingerprint density at radius 1 is 0.800 bits per heavy atom. The third-order valence-electron chi connectivity index (χ3n) is 6.19. The van der Waals surface area contributed by atoms with Crippen LogP contribution in [0.1, 0.15) is 15.9 Å². The molecule has 3 amide bonds. The van der Waals surface area contributed by atoms with Crippen molar-refractivity contribution in [3.8, 4) is 17.2 Å². The molecule has 0 spiro atoms. The first-order chi connectivity index (χ1) is 21.7. The number of thioether (sulfide) groups is 1. The molecule has 12 heteroatoms. The summed E-state index contributed by atoms with van der Waals surface area (Å²) in [6, 6.07) is 23.6. The summed E-state index contributed by atoms with van der Waals surface area (Å²) in [6.07, 6.45) is 1.50. The Labute approximate surface area is 274 Å². The largest absolute Gasteiger partial charge is 0.493 e. The Hall–Kier alpha value is -4.64. The van der Waals surface area contributed by atoms with Crippen molar-refractivity contribution < 1.29 is 28.6 Å². The van der Waals surface area contributed by atoms with Crippen molar-refractivity contribution in [3.63, 3.8) is 0 Å². The molecule has 0 aliphatic carbocycles. The van der Waals surface area contributed by atoms with Crippen LogP contribution in [0.15, 0.2) is 95.5 Å². The molecule has 0 saturated heterocycles. The number of carbonyl (C=O) groups is 3. The number of halogens is 2. The van der Waals surface area contributed by atoms with Gasteiger partial charge in [0.05, 0.1) is 37.8 Å². The number of rotatable bonds is 12. The standard InChI is InChI=1S/C33H29Cl2N3O6S/c1-42-28-15-20(16-29(43-2)31(28)44-3)14-27(38-32(40)21-8-5-4-6-9-21)33(41)36-23-10-7-11-24(18-23)45-19-30(39)37-26-17-22(34)12-13-25(26)35/h4-18H,19H2,1-3H3,(H,36,41)(H,37,39)(H,38,40)/b27-14+. The minimum atomic E-state index is -0.580. The summed E-state index contributed by atoms with van der Waals surface area (Å²) in [5.41, 5.74) is 1.72. The van der Waals surface area contributed by atoms with Crippen LogP contribution in [-0.4, -0.2) is 44.8 Å². The van der Waals surface area contributed by atoms with E-state index >= 15 is 0 Å². The minimum Gasteiger partial charge on any atom is -0.493 e. The van der Waals surface area contributed by atoms with Crippen molar-refractivity contribution in [1.29, 1.82) is 0 Å². The highest BCUT2D eigenvalue weighted by atomic mass is 35.5. The van der Waals surface area contributed by atoms with Crippen molar-refractivity contribution in [2.75, 3.05) is 37.7 Å². The summed E-state index contributed by atoms with van der Waals surface area (Å²) in [6.45, 7) is 0. The van der Waals surface area contributed by atoms with E-state index in [2.05, 4.69) is 16.0 Å². The molecule has 4 aromatic carbocycles. The maximum absolute atomic E-state index is 13.6. The van der Waals surface area contributed by atoms with Gasteiger partial charge in [0, 0.05) is 21.2 Å². The average molecular weight is 667 g/mol. The van der Waals surface area contributed by atoms with Crippen LogP contribution in [0, 0.1) is 0 Å². The number of benzene rings is 4. The minimum absolute atomic E-state index is 0.0334. The lowest BCUT2D eigenvalue weighted by molar-refractivity contribution is -0.114. The molecule has 0 atom stereocenters. The fraction of sp³-hybridized carbons (Fsp3) is 0.121. The van der Waals surface area contributed by atoms with E-state index < -0.39 is 11.8 Å². The molecule has 232 valence electrons. The van der Waals surface area contributed by atoms with Crippen LogP contribution in [0.3, 0.4) is 0 Å². The molecule has 0 bridgehead atoms. The Morgan fingerprint density at radius 3 is 2.18 bits per heavy atom. The van der Waals surface area contributed by atoms with Crippen LogP contribution in [0.25, 0.3) is 6.08 Å². The monoisotopic (exact) mass is 665 g/mol. The Kier molecular flexibility index (Phi) is 11.7. The van der Waals surface area contributed by atoms with Gasteiger partial charge in [0.2, 0.25) is 11.7 Å². The number of methoxy groups -OCH3 is 3. The van der Waals surface area contributed by atoms with Gasteiger partial charge in [0.15, 0.2) is 11.5 Å². The zero-order valence-corrected chi connectivity index (χ0v) is 26.8. The number of hydrogen-bond acceptors (Lipinski definition) is 7. The number of amides is 3. The van der Waals surface area contributed by atoms with Crippen LogP contribution in [-0.2, 0) is 9.59 Å². The van der Waals surface area contributed by atoms with Crippen LogP contribution in [0.2, 0.25) is 10.0 Å².